The molecule has 0 bridgehead atoms. The Balaban J connectivity index is 3.40. The normalized spacial score (nSPS) is 43.0. The highest BCUT2D eigenvalue weighted by molar-refractivity contribution is 5.82. The Morgan fingerprint density at radius 3 is 2.10 bits per heavy atom. The molecular formula is C34H56O7. The Morgan fingerprint density at radius 1 is 0.878 bits per heavy atom. The van der Waals surface area contributed by atoms with Crippen molar-refractivity contribution in [1.82, 2.24) is 0 Å². The zero-order valence-corrected chi connectivity index (χ0v) is 26.3. The summed E-state index contributed by atoms with van der Waals surface area (Å²) in [6.45, 7) is 18.7. The molecule has 7 heteroatoms. The third-order valence-corrected chi connectivity index (χ3v) is 8.57. The first kappa shape index (κ1) is 37.0. The van der Waals surface area contributed by atoms with E-state index >= 15 is 0 Å². The fourth-order valence-corrected chi connectivity index (χ4v) is 5.67. The summed E-state index contributed by atoms with van der Waals surface area (Å²) in [6, 6.07) is 0. The molecule has 7 nitrogen and oxygen atoms in total. The molecule has 0 aliphatic carbocycles. The highest BCUT2D eigenvalue weighted by Crippen LogP contribution is 2.29. The average Bonchev–Trinajstić information content (AvgIpc) is 2.93. The minimum atomic E-state index is -0.985. The zero-order chi connectivity index (χ0) is 31.4. The summed E-state index contributed by atoms with van der Waals surface area (Å²) in [4.78, 5) is 12.9. The molecule has 41 heavy (non-hydrogen) atoms. The Labute approximate surface area is 248 Å². The molecule has 1 aliphatic heterocycles. The van der Waals surface area contributed by atoms with E-state index in [2.05, 4.69) is 6.58 Å². The van der Waals surface area contributed by atoms with Crippen LogP contribution in [-0.2, 0) is 9.53 Å². The SMILES string of the molecule is C=C/C=C\[C@H](C)[C@@H]1OC(=O)/C=C\[C@H](C)[C@@H](O)[C@@H](C)[C@@H](O)C[C@H](O)/C=C\[C@H](C)[C@H](O)[C@@H](C)/C=C(/C)C[C@H](C)[C@@H](O)[C@@H]1C. The van der Waals surface area contributed by atoms with Gasteiger partial charge in [-0.15, -0.1) is 0 Å². The van der Waals surface area contributed by atoms with E-state index in [4.69, 9.17) is 4.74 Å². The number of ether oxygens (including phenoxy) is 1. The minimum absolute atomic E-state index is 0.0283. The highest BCUT2D eigenvalue weighted by atomic mass is 16.5. The van der Waals surface area contributed by atoms with E-state index in [0.29, 0.717) is 6.42 Å². The van der Waals surface area contributed by atoms with Gasteiger partial charge in [-0.3, -0.25) is 0 Å². The molecule has 1 aliphatic rings. The molecule has 0 fully saturated rings. The molecule has 0 aromatic heterocycles. The lowest BCUT2D eigenvalue weighted by atomic mass is 9.81. The molecule has 0 unspecified atom stereocenters. The van der Waals surface area contributed by atoms with Gasteiger partial charge in [0.1, 0.15) is 6.10 Å². The molecule has 0 amide bonds. The van der Waals surface area contributed by atoms with Crippen LogP contribution in [0.15, 0.2) is 60.8 Å². The molecule has 0 saturated heterocycles. The summed E-state index contributed by atoms with van der Waals surface area (Å²) in [5.41, 5.74) is 1.04. The van der Waals surface area contributed by atoms with E-state index in [1.807, 2.05) is 53.7 Å². The summed E-state index contributed by atoms with van der Waals surface area (Å²) in [5.74, 6) is -2.74. The largest absolute Gasteiger partial charge is 0.458 e. The van der Waals surface area contributed by atoms with Crippen molar-refractivity contribution < 1.29 is 35.1 Å². The van der Waals surface area contributed by atoms with Gasteiger partial charge in [0.05, 0.1) is 30.5 Å². The van der Waals surface area contributed by atoms with Crippen LogP contribution < -0.4 is 0 Å². The molecule has 0 spiro atoms. The number of esters is 1. The van der Waals surface area contributed by atoms with Gasteiger partial charge in [-0.05, 0) is 19.3 Å². The third-order valence-electron chi connectivity index (χ3n) is 8.57. The predicted molar refractivity (Wildman–Crippen MR) is 165 cm³/mol. The van der Waals surface area contributed by atoms with Crippen molar-refractivity contribution in [2.75, 3.05) is 0 Å². The first-order valence-electron chi connectivity index (χ1n) is 15.0. The van der Waals surface area contributed by atoms with Crippen LogP contribution >= 0.6 is 0 Å². The van der Waals surface area contributed by atoms with Crippen molar-refractivity contribution in [3.05, 3.63) is 60.8 Å². The van der Waals surface area contributed by atoms with Crippen molar-refractivity contribution in [3.63, 3.8) is 0 Å². The number of cyclic esters (lactones) is 1. The fourth-order valence-electron chi connectivity index (χ4n) is 5.67. The van der Waals surface area contributed by atoms with Crippen LogP contribution in [0.25, 0.3) is 0 Å². The number of carbonyl (C=O) groups excluding carboxylic acids is 1. The van der Waals surface area contributed by atoms with Crippen molar-refractivity contribution in [1.29, 1.82) is 0 Å². The second kappa shape index (κ2) is 17.8. The fraction of sp³-hybridized carbons (Fsp3) is 0.676. The maximum atomic E-state index is 12.9. The maximum Gasteiger partial charge on any atom is 0.330 e. The van der Waals surface area contributed by atoms with Gasteiger partial charge in [0, 0.05) is 48.0 Å². The minimum Gasteiger partial charge on any atom is -0.458 e. The van der Waals surface area contributed by atoms with Crippen molar-refractivity contribution >= 4 is 5.97 Å². The van der Waals surface area contributed by atoms with Gasteiger partial charge in [-0.2, -0.15) is 0 Å². The topological polar surface area (TPSA) is 127 Å². The third kappa shape index (κ3) is 12.0. The van der Waals surface area contributed by atoms with Crippen LogP contribution in [0.5, 0.6) is 0 Å². The molecule has 0 aromatic rings. The van der Waals surface area contributed by atoms with Gasteiger partial charge < -0.3 is 30.3 Å². The van der Waals surface area contributed by atoms with Gasteiger partial charge in [-0.1, -0.05) is 103 Å². The molecule has 1 heterocycles. The molecule has 0 aromatic carbocycles. The highest BCUT2D eigenvalue weighted by Gasteiger charge is 2.34. The summed E-state index contributed by atoms with van der Waals surface area (Å²) in [5, 5.41) is 54.2. The number of aliphatic hydroxyl groups is 5. The van der Waals surface area contributed by atoms with Gasteiger partial charge >= 0.3 is 5.97 Å². The molecule has 0 saturated carbocycles. The van der Waals surface area contributed by atoms with Crippen LogP contribution in [-0.4, -0.2) is 68.1 Å². The molecule has 234 valence electrons. The summed E-state index contributed by atoms with van der Waals surface area (Å²) < 4.78 is 5.88. The summed E-state index contributed by atoms with van der Waals surface area (Å²) >= 11 is 0. The van der Waals surface area contributed by atoms with E-state index in [-0.39, 0.29) is 36.0 Å². The van der Waals surface area contributed by atoms with Crippen LogP contribution in [0, 0.1) is 41.4 Å². The van der Waals surface area contributed by atoms with Gasteiger partial charge in [-0.25, -0.2) is 4.79 Å². The number of aliphatic hydroxyl groups excluding tert-OH is 5. The summed E-state index contributed by atoms with van der Waals surface area (Å²) in [7, 11) is 0. The average molecular weight is 577 g/mol. The zero-order valence-electron chi connectivity index (χ0n) is 26.3. The van der Waals surface area contributed by atoms with Gasteiger partial charge in [0.15, 0.2) is 0 Å². The monoisotopic (exact) mass is 576 g/mol. The van der Waals surface area contributed by atoms with E-state index in [1.54, 1.807) is 44.2 Å². The van der Waals surface area contributed by atoms with Crippen LogP contribution in [0.1, 0.15) is 68.2 Å². The summed E-state index contributed by atoms with van der Waals surface area (Å²) in [6.07, 6.45) is 9.19. The van der Waals surface area contributed by atoms with Gasteiger partial charge in [0.25, 0.3) is 0 Å². The first-order chi connectivity index (χ1) is 19.1. The second-order valence-electron chi connectivity index (χ2n) is 12.5. The first-order valence-corrected chi connectivity index (χ1v) is 15.0. The van der Waals surface area contributed by atoms with E-state index in [0.717, 1.165) is 5.57 Å². The number of allylic oxidation sites excluding steroid dienone is 3. The van der Waals surface area contributed by atoms with E-state index < -0.39 is 54.4 Å². The Bertz CT molecular complexity index is 922. The maximum absolute atomic E-state index is 12.9. The Hall–Kier alpha value is -2.03. The lowest BCUT2D eigenvalue weighted by Gasteiger charge is -2.34. The second-order valence-corrected chi connectivity index (χ2v) is 12.5. The van der Waals surface area contributed by atoms with Crippen LogP contribution in [0.3, 0.4) is 0 Å². The van der Waals surface area contributed by atoms with E-state index in [9.17, 15) is 30.3 Å². The molecule has 1 rings (SSSR count). The Morgan fingerprint density at radius 2 is 1.49 bits per heavy atom. The number of rotatable bonds is 3. The smallest absolute Gasteiger partial charge is 0.330 e. The van der Waals surface area contributed by atoms with Crippen LogP contribution in [0.2, 0.25) is 0 Å². The molecule has 13 atom stereocenters. The molecule has 5 N–H and O–H groups in total. The standard InChI is InChI=1S/C34H56O7/c1-10-11-12-23(5)34-27(9)33(40)25(7)18-20(2)17-24(6)31(38)21(3)13-15-28(35)19-29(36)26(8)32(39)22(4)14-16-30(37)41-34/h10-17,21-29,31-36,38-40H,1,18-19H2,2-9H3/b12-11-,15-13-,16-14-,20-17-/t21-,22-,23-,24-,25-,26-,27-,28+,29-,31-,32+,33+,34-/m0/s1. The quantitative estimate of drug-likeness (QED) is 0.186. The molecular weight excluding hydrogens is 520 g/mol. The molecule has 0 radical (unpaired) electrons. The number of hydrogen-bond donors (Lipinski definition) is 5. The van der Waals surface area contributed by atoms with Crippen LogP contribution in [0.4, 0.5) is 0 Å². The van der Waals surface area contributed by atoms with Gasteiger partial charge in [0.2, 0.25) is 0 Å². The van der Waals surface area contributed by atoms with Crippen molar-refractivity contribution in [2.24, 2.45) is 41.4 Å². The van der Waals surface area contributed by atoms with Crippen molar-refractivity contribution in [2.45, 2.75) is 105 Å². The van der Waals surface area contributed by atoms with E-state index in [1.165, 1.54) is 6.08 Å². The lowest BCUT2D eigenvalue weighted by molar-refractivity contribution is -0.151. The Kier molecular flexibility index (Phi) is 16.1. The lowest BCUT2D eigenvalue weighted by Crippen LogP contribution is -2.40. The number of hydrogen-bond acceptors (Lipinski definition) is 7. The van der Waals surface area contributed by atoms with Crippen molar-refractivity contribution in [3.8, 4) is 0 Å². The number of carbonyl (C=O) groups is 1. The predicted octanol–water partition coefficient (Wildman–Crippen LogP) is 4.75.